The van der Waals surface area contributed by atoms with Crippen molar-refractivity contribution in [3.05, 3.63) is 28.6 Å². The molecule has 0 aliphatic rings. The van der Waals surface area contributed by atoms with Gasteiger partial charge in [-0.1, -0.05) is 0 Å². The van der Waals surface area contributed by atoms with Gasteiger partial charge in [-0.25, -0.2) is 4.98 Å². The Morgan fingerprint density at radius 1 is 1.50 bits per heavy atom. The molecule has 4 heteroatoms. The summed E-state index contributed by atoms with van der Waals surface area (Å²) in [5.74, 6) is 0.734. The van der Waals surface area contributed by atoms with E-state index < -0.39 is 0 Å². The van der Waals surface area contributed by atoms with Gasteiger partial charge in [0.05, 0.1) is 11.1 Å². The highest BCUT2D eigenvalue weighted by Crippen LogP contribution is 2.28. The van der Waals surface area contributed by atoms with E-state index in [0.717, 1.165) is 10.6 Å². The molecule has 2 rings (SSSR count). The van der Waals surface area contributed by atoms with Crippen molar-refractivity contribution >= 4 is 22.9 Å². The maximum Gasteiger partial charge on any atom is 0.292 e. The number of halogens is 1. The topological polar surface area (TPSA) is 26.0 Å². The summed E-state index contributed by atoms with van der Waals surface area (Å²) < 4.78 is 5.15. The summed E-state index contributed by atoms with van der Waals surface area (Å²) in [5, 5.41) is 0.191. The third-order valence-electron chi connectivity index (χ3n) is 1.46. The number of hydrogen-bond donors (Lipinski definition) is 0. The number of aromatic nitrogens is 1. The molecular formula is C8H6ClNOS. The van der Waals surface area contributed by atoms with Gasteiger partial charge < -0.3 is 4.42 Å². The van der Waals surface area contributed by atoms with Crippen molar-refractivity contribution in [1.29, 1.82) is 0 Å². The molecule has 0 bridgehead atoms. The molecule has 0 saturated heterocycles. The molecule has 0 atom stereocenters. The number of hydrogen-bond acceptors (Lipinski definition) is 3. The van der Waals surface area contributed by atoms with E-state index in [4.69, 9.17) is 16.0 Å². The second-order valence-corrected chi connectivity index (χ2v) is 4.00. The molecule has 0 spiro atoms. The molecule has 0 N–H and O–H groups in total. The van der Waals surface area contributed by atoms with Gasteiger partial charge in [0.15, 0.2) is 5.76 Å². The van der Waals surface area contributed by atoms with Crippen molar-refractivity contribution in [3.8, 4) is 10.6 Å². The maximum absolute atomic E-state index is 5.54. The standard InChI is InChI=1S/C8H6ClNOS/c1-5-2-3-7(12-5)6-4-10-8(9)11-6/h2-4H,1H3. The molecule has 2 aromatic rings. The van der Waals surface area contributed by atoms with Crippen molar-refractivity contribution < 1.29 is 4.42 Å². The van der Waals surface area contributed by atoms with Crippen LogP contribution < -0.4 is 0 Å². The Bertz CT molecular complexity index is 355. The maximum atomic E-state index is 5.54. The lowest BCUT2D eigenvalue weighted by Crippen LogP contribution is -1.59. The fourth-order valence-corrected chi connectivity index (χ4v) is 1.88. The van der Waals surface area contributed by atoms with Crippen LogP contribution in [0.2, 0.25) is 5.35 Å². The highest BCUT2D eigenvalue weighted by molar-refractivity contribution is 7.15. The number of oxazole rings is 1. The van der Waals surface area contributed by atoms with Crippen LogP contribution in [-0.4, -0.2) is 4.98 Å². The average molecular weight is 200 g/mol. The zero-order valence-electron chi connectivity index (χ0n) is 6.37. The third kappa shape index (κ3) is 1.38. The van der Waals surface area contributed by atoms with Crippen molar-refractivity contribution in [2.75, 3.05) is 0 Å². The van der Waals surface area contributed by atoms with Crippen molar-refractivity contribution in [3.63, 3.8) is 0 Å². The number of nitrogens with zero attached hydrogens (tertiary/aromatic N) is 1. The van der Waals surface area contributed by atoms with Gasteiger partial charge in [0, 0.05) is 4.88 Å². The minimum atomic E-state index is 0.191. The van der Waals surface area contributed by atoms with Gasteiger partial charge in [-0.05, 0) is 30.7 Å². The minimum Gasteiger partial charge on any atom is -0.427 e. The van der Waals surface area contributed by atoms with Gasteiger partial charge in [-0.2, -0.15) is 0 Å². The molecule has 0 unspecified atom stereocenters. The van der Waals surface area contributed by atoms with Crippen LogP contribution >= 0.6 is 22.9 Å². The largest absolute Gasteiger partial charge is 0.427 e. The molecule has 0 aromatic carbocycles. The van der Waals surface area contributed by atoms with Gasteiger partial charge in [-0.3, -0.25) is 0 Å². The fraction of sp³-hybridized carbons (Fsp3) is 0.125. The first-order valence-corrected chi connectivity index (χ1v) is 4.63. The van der Waals surface area contributed by atoms with Crippen molar-refractivity contribution in [1.82, 2.24) is 4.98 Å². The van der Waals surface area contributed by atoms with Crippen LogP contribution in [0.4, 0.5) is 0 Å². The van der Waals surface area contributed by atoms with Crippen LogP contribution in [0.25, 0.3) is 10.6 Å². The molecule has 0 aliphatic carbocycles. The Labute approximate surface area is 78.8 Å². The lowest BCUT2D eigenvalue weighted by atomic mass is 10.4. The van der Waals surface area contributed by atoms with Crippen molar-refractivity contribution in [2.24, 2.45) is 0 Å². The molecule has 2 heterocycles. The van der Waals surface area contributed by atoms with Gasteiger partial charge >= 0.3 is 0 Å². The first-order valence-electron chi connectivity index (χ1n) is 3.44. The normalized spacial score (nSPS) is 10.5. The lowest BCUT2D eigenvalue weighted by molar-refractivity contribution is 0.575. The van der Waals surface area contributed by atoms with Crippen molar-refractivity contribution in [2.45, 2.75) is 6.92 Å². The summed E-state index contributed by atoms with van der Waals surface area (Å²) >= 11 is 7.21. The smallest absolute Gasteiger partial charge is 0.292 e. The summed E-state index contributed by atoms with van der Waals surface area (Å²) in [6, 6.07) is 4.03. The highest BCUT2D eigenvalue weighted by Gasteiger charge is 2.05. The first-order chi connectivity index (χ1) is 5.75. The van der Waals surface area contributed by atoms with Gasteiger partial charge in [0.1, 0.15) is 0 Å². The summed E-state index contributed by atoms with van der Waals surface area (Å²) in [6.07, 6.45) is 1.63. The van der Waals surface area contributed by atoms with Crippen LogP contribution in [0, 0.1) is 6.92 Å². The predicted molar refractivity (Wildman–Crippen MR) is 49.6 cm³/mol. The Morgan fingerprint density at radius 3 is 2.83 bits per heavy atom. The van der Waals surface area contributed by atoms with E-state index in [9.17, 15) is 0 Å². The number of rotatable bonds is 1. The monoisotopic (exact) mass is 199 g/mol. The van der Waals surface area contributed by atoms with E-state index in [1.807, 2.05) is 19.1 Å². The average Bonchev–Trinajstić information content (AvgIpc) is 2.58. The molecule has 2 nitrogen and oxygen atoms in total. The Kier molecular flexibility index (Phi) is 1.90. The summed E-state index contributed by atoms with van der Waals surface area (Å²) in [6.45, 7) is 2.05. The van der Waals surface area contributed by atoms with E-state index in [2.05, 4.69) is 4.98 Å². The predicted octanol–water partition coefficient (Wildman–Crippen LogP) is 3.36. The second kappa shape index (κ2) is 2.92. The van der Waals surface area contributed by atoms with Crippen LogP contribution in [0.3, 0.4) is 0 Å². The molecule has 2 aromatic heterocycles. The van der Waals surface area contributed by atoms with E-state index >= 15 is 0 Å². The minimum absolute atomic E-state index is 0.191. The first kappa shape index (κ1) is 7.83. The van der Waals surface area contributed by atoms with Gasteiger partial charge in [0.25, 0.3) is 5.35 Å². The summed E-state index contributed by atoms with van der Waals surface area (Å²) in [5.41, 5.74) is 0. The summed E-state index contributed by atoms with van der Waals surface area (Å²) in [7, 11) is 0. The lowest BCUT2D eigenvalue weighted by Gasteiger charge is -1.85. The van der Waals surface area contributed by atoms with E-state index in [-0.39, 0.29) is 5.35 Å². The SMILES string of the molecule is Cc1ccc(-c2cnc(Cl)o2)s1. The van der Waals surface area contributed by atoms with Crippen LogP contribution in [0.15, 0.2) is 22.7 Å². The molecule has 62 valence electrons. The molecule has 0 saturated carbocycles. The molecule has 0 fully saturated rings. The summed E-state index contributed by atoms with van der Waals surface area (Å²) in [4.78, 5) is 6.12. The zero-order valence-corrected chi connectivity index (χ0v) is 7.95. The quantitative estimate of drug-likeness (QED) is 0.704. The number of aryl methyl sites for hydroxylation is 1. The Hall–Kier alpha value is -0.800. The molecule has 0 amide bonds. The fourth-order valence-electron chi connectivity index (χ4n) is 0.934. The van der Waals surface area contributed by atoms with E-state index in [0.29, 0.717) is 0 Å². The van der Waals surface area contributed by atoms with Gasteiger partial charge in [0.2, 0.25) is 0 Å². The van der Waals surface area contributed by atoms with E-state index in [1.54, 1.807) is 17.5 Å². The zero-order chi connectivity index (χ0) is 8.55. The van der Waals surface area contributed by atoms with Crippen LogP contribution in [-0.2, 0) is 0 Å². The Balaban J connectivity index is 2.43. The molecule has 12 heavy (non-hydrogen) atoms. The molecular weight excluding hydrogens is 194 g/mol. The van der Waals surface area contributed by atoms with Gasteiger partial charge in [-0.15, -0.1) is 11.3 Å². The van der Waals surface area contributed by atoms with E-state index in [1.165, 1.54) is 4.88 Å². The molecule has 0 aliphatic heterocycles. The highest BCUT2D eigenvalue weighted by atomic mass is 35.5. The number of thiophene rings is 1. The van der Waals surface area contributed by atoms with Crippen LogP contribution in [0.5, 0.6) is 0 Å². The Morgan fingerprint density at radius 2 is 2.33 bits per heavy atom. The van der Waals surface area contributed by atoms with Crippen LogP contribution in [0.1, 0.15) is 4.88 Å². The molecule has 0 radical (unpaired) electrons. The third-order valence-corrected chi connectivity index (χ3v) is 2.65. The second-order valence-electron chi connectivity index (χ2n) is 2.39.